The fraction of sp³-hybridized carbons (Fsp3) is 0.0909. The van der Waals surface area contributed by atoms with E-state index >= 15 is 0 Å². The maximum atomic E-state index is 13.2. The normalized spacial score (nSPS) is 10.4. The second kappa shape index (κ2) is 8.36. The molecule has 0 atom stereocenters. The van der Waals surface area contributed by atoms with E-state index < -0.39 is 11.7 Å². The number of benzene rings is 3. The van der Waals surface area contributed by atoms with E-state index in [-0.39, 0.29) is 22.7 Å². The number of amides is 1. The molecular weight excluding hydrogens is 348 g/mol. The van der Waals surface area contributed by atoms with Crippen molar-refractivity contribution in [3.05, 3.63) is 107 Å². The number of hydrogen-bond donors (Lipinski definition) is 1. The summed E-state index contributed by atoms with van der Waals surface area (Å²) >= 11 is 0. The van der Waals surface area contributed by atoms with Crippen molar-refractivity contribution in [3.63, 3.8) is 0 Å². The molecule has 0 saturated carbocycles. The van der Waals surface area contributed by atoms with Crippen LogP contribution < -0.4 is 5.32 Å². The van der Waals surface area contributed by atoms with E-state index in [4.69, 9.17) is 0 Å². The fourth-order valence-electron chi connectivity index (χ4n) is 2.74. The van der Waals surface area contributed by atoms with E-state index in [0.717, 1.165) is 5.56 Å². The van der Waals surface area contributed by atoms with Crippen LogP contribution in [0.1, 0.15) is 31.8 Å². The Bertz CT molecular complexity index is 968. The molecule has 0 spiro atoms. The lowest BCUT2D eigenvalue weighted by Gasteiger charge is -2.10. The largest absolute Gasteiger partial charge is 0.352 e. The molecule has 0 aliphatic heterocycles. The Labute approximate surface area is 155 Å². The van der Waals surface area contributed by atoms with E-state index in [1.54, 1.807) is 36.4 Å². The summed E-state index contributed by atoms with van der Waals surface area (Å²) in [4.78, 5) is 25.2. The monoisotopic (exact) mass is 365 g/mol. The van der Waals surface area contributed by atoms with Gasteiger partial charge in [-0.05, 0) is 54.4 Å². The third-order valence-electron chi connectivity index (χ3n) is 4.11. The number of nitrogens with one attached hydrogen (secondary N) is 1. The van der Waals surface area contributed by atoms with Crippen LogP contribution in [-0.4, -0.2) is 18.2 Å². The molecule has 0 fully saturated rings. The third-order valence-corrected chi connectivity index (χ3v) is 4.11. The minimum atomic E-state index is -0.435. The summed E-state index contributed by atoms with van der Waals surface area (Å²) < 4.78 is 26.3. The molecule has 0 heterocycles. The van der Waals surface area contributed by atoms with Crippen molar-refractivity contribution >= 4 is 11.7 Å². The molecule has 0 aliphatic rings. The van der Waals surface area contributed by atoms with Crippen molar-refractivity contribution in [1.82, 2.24) is 5.32 Å². The minimum absolute atomic E-state index is 0.242. The highest BCUT2D eigenvalue weighted by Crippen LogP contribution is 2.15. The molecule has 3 aromatic rings. The van der Waals surface area contributed by atoms with Crippen LogP contribution in [0.3, 0.4) is 0 Å². The molecule has 27 heavy (non-hydrogen) atoms. The molecule has 5 heteroatoms. The van der Waals surface area contributed by atoms with Crippen molar-refractivity contribution in [2.75, 3.05) is 6.54 Å². The van der Waals surface area contributed by atoms with Crippen molar-refractivity contribution in [1.29, 1.82) is 0 Å². The SMILES string of the molecule is O=C(NCCc1cccc(F)c1)c1ccccc1C(=O)c1ccc(F)cc1. The average molecular weight is 365 g/mol. The zero-order valence-electron chi connectivity index (χ0n) is 14.4. The number of rotatable bonds is 6. The standard InChI is InChI=1S/C22H17F2NO2/c23-17-10-8-16(9-11-17)21(26)19-6-1-2-7-20(19)22(27)25-13-12-15-4-3-5-18(24)14-15/h1-11,14H,12-13H2,(H,25,27). The summed E-state index contributed by atoms with van der Waals surface area (Å²) in [6, 6.07) is 17.8. The van der Waals surface area contributed by atoms with Crippen LogP contribution in [0, 0.1) is 11.6 Å². The molecule has 0 aromatic heterocycles. The lowest BCUT2D eigenvalue weighted by atomic mass is 9.98. The van der Waals surface area contributed by atoms with Crippen LogP contribution in [0.4, 0.5) is 8.78 Å². The molecule has 0 saturated heterocycles. The number of carbonyl (C=O) groups is 2. The number of halogens is 2. The van der Waals surface area contributed by atoms with Gasteiger partial charge in [0.05, 0.1) is 5.56 Å². The highest BCUT2D eigenvalue weighted by atomic mass is 19.1. The van der Waals surface area contributed by atoms with E-state index in [9.17, 15) is 18.4 Å². The quantitative estimate of drug-likeness (QED) is 0.667. The van der Waals surface area contributed by atoms with E-state index in [2.05, 4.69) is 5.32 Å². The van der Waals surface area contributed by atoms with Gasteiger partial charge in [0.15, 0.2) is 5.78 Å². The Kier molecular flexibility index (Phi) is 5.71. The van der Waals surface area contributed by atoms with Crippen molar-refractivity contribution < 1.29 is 18.4 Å². The zero-order valence-corrected chi connectivity index (χ0v) is 14.4. The lowest BCUT2D eigenvalue weighted by Crippen LogP contribution is -2.27. The van der Waals surface area contributed by atoms with Gasteiger partial charge in [0.2, 0.25) is 0 Å². The number of carbonyl (C=O) groups excluding carboxylic acids is 2. The second-order valence-electron chi connectivity index (χ2n) is 6.02. The Morgan fingerprint density at radius 3 is 2.19 bits per heavy atom. The van der Waals surface area contributed by atoms with Gasteiger partial charge in [-0.1, -0.05) is 30.3 Å². The van der Waals surface area contributed by atoms with Crippen molar-refractivity contribution in [3.8, 4) is 0 Å². The van der Waals surface area contributed by atoms with Crippen molar-refractivity contribution in [2.24, 2.45) is 0 Å². The highest BCUT2D eigenvalue weighted by molar-refractivity contribution is 6.15. The van der Waals surface area contributed by atoms with Crippen LogP contribution in [0.15, 0.2) is 72.8 Å². The van der Waals surface area contributed by atoms with E-state index in [1.807, 2.05) is 0 Å². The Hall–Kier alpha value is -3.34. The summed E-state index contributed by atoms with van der Waals surface area (Å²) in [5, 5.41) is 2.75. The maximum Gasteiger partial charge on any atom is 0.252 e. The lowest BCUT2D eigenvalue weighted by molar-refractivity contribution is 0.0942. The van der Waals surface area contributed by atoms with Crippen LogP contribution >= 0.6 is 0 Å². The summed E-state index contributed by atoms with van der Waals surface area (Å²) in [5.41, 5.74) is 1.56. The number of ketones is 1. The topological polar surface area (TPSA) is 46.2 Å². The van der Waals surface area contributed by atoms with Gasteiger partial charge in [0.25, 0.3) is 5.91 Å². The van der Waals surface area contributed by atoms with Crippen LogP contribution in [0.2, 0.25) is 0 Å². The first-order valence-electron chi connectivity index (χ1n) is 8.46. The van der Waals surface area contributed by atoms with Gasteiger partial charge >= 0.3 is 0 Å². The van der Waals surface area contributed by atoms with Crippen LogP contribution in [0.25, 0.3) is 0 Å². The Balaban J connectivity index is 1.72. The predicted molar refractivity (Wildman–Crippen MR) is 98.7 cm³/mol. The maximum absolute atomic E-state index is 13.2. The molecule has 1 amide bonds. The van der Waals surface area contributed by atoms with Gasteiger partial charge < -0.3 is 5.32 Å². The molecule has 136 valence electrons. The molecule has 0 unspecified atom stereocenters. The van der Waals surface area contributed by atoms with Gasteiger partial charge in [-0.2, -0.15) is 0 Å². The fourth-order valence-corrected chi connectivity index (χ4v) is 2.74. The number of hydrogen-bond acceptors (Lipinski definition) is 2. The minimum Gasteiger partial charge on any atom is -0.352 e. The van der Waals surface area contributed by atoms with Crippen molar-refractivity contribution in [2.45, 2.75) is 6.42 Å². The first-order chi connectivity index (χ1) is 13.0. The van der Waals surface area contributed by atoms with Gasteiger partial charge in [-0.15, -0.1) is 0 Å². The van der Waals surface area contributed by atoms with E-state index in [0.29, 0.717) is 18.5 Å². The predicted octanol–water partition coefficient (Wildman–Crippen LogP) is 4.17. The Morgan fingerprint density at radius 2 is 1.48 bits per heavy atom. The third kappa shape index (κ3) is 4.64. The average Bonchev–Trinajstić information content (AvgIpc) is 2.68. The zero-order chi connectivity index (χ0) is 19.2. The summed E-state index contributed by atoms with van der Waals surface area (Å²) in [5.74, 6) is -1.51. The summed E-state index contributed by atoms with van der Waals surface area (Å²) in [6.45, 7) is 0.307. The molecule has 0 bridgehead atoms. The van der Waals surface area contributed by atoms with Gasteiger partial charge in [0, 0.05) is 17.7 Å². The first-order valence-corrected chi connectivity index (χ1v) is 8.46. The van der Waals surface area contributed by atoms with E-state index in [1.165, 1.54) is 36.4 Å². The van der Waals surface area contributed by atoms with Crippen LogP contribution in [0.5, 0.6) is 0 Å². The molecule has 3 nitrogen and oxygen atoms in total. The first kappa shape index (κ1) is 18.5. The highest BCUT2D eigenvalue weighted by Gasteiger charge is 2.17. The second-order valence-corrected chi connectivity index (χ2v) is 6.02. The Morgan fingerprint density at radius 1 is 0.778 bits per heavy atom. The molecule has 0 aliphatic carbocycles. The molecule has 0 radical (unpaired) electrons. The molecule has 1 N–H and O–H groups in total. The molecule has 3 aromatic carbocycles. The summed E-state index contributed by atoms with van der Waals surface area (Å²) in [7, 11) is 0. The van der Waals surface area contributed by atoms with Gasteiger partial charge in [-0.3, -0.25) is 9.59 Å². The smallest absolute Gasteiger partial charge is 0.252 e. The summed E-state index contributed by atoms with van der Waals surface area (Å²) in [6.07, 6.45) is 0.470. The van der Waals surface area contributed by atoms with Gasteiger partial charge in [0.1, 0.15) is 11.6 Å². The van der Waals surface area contributed by atoms with Crippen LogP contribution in [-0.2, 0) is 6.42 Å². The molecule has 3 rings (SSSR count). The van der Waals surface area contributed by atoms with Gasteiger partial charge in [-0.25, -0.2) is 8.78 Å². The molecular formula is C22H17F2NO2.